The van der Waals surface area contributed by atoms with Crippen molar-refractivity contribution >= 4 is 0 Å². The van der Waals surface area contributed by atoms with Crippen LogP contribution in [0.5, 0.6) is 5.75 Å². The first-order valence-electron chi connectivity index (χ1n) is 6.33. The van der Waals surface area contributed by atoms with Gasteiger partial charge in [-0.15, -0.1) is 0 Å². The Balaban J connectivity index is 2.39. The molecule has 0 spiro atoms. The summed E-state index contributed by atoms with van der Waals surface area (Å²) in [6.45, 7) is 9.57. The summed E-state index contributed by atoms with van der Waals surface area (Å²) in [7, 11) is 1.46. The van der Waals surface area contributed by atoms with Crippen LogP contribution in [-0.2, 0) is 4.74 Å². The molecule has 0 saturated carbocycles. The Morgan fingerprint density at radius 1 is 1.47 bits per heavy atom. The normalized spacial score (nSPS) is 12.2. The number of nitrogens with one attached hydrogen (secondary N) is 1. The molecule has 3 nitrogen and oxygen atoms in total. The van der Waals surface area contributed by atoms with E-state index >= 15 is 0 Å². The van der Waals surface area contributed by atoms with Crippen molar-refractivity contribution in [3.05, 3.63) is 41.7 Å². The van der Waals surface area contributed by atoms with E-state index in [1.54, 1.807) is 6.07 Å². The van der Waals surface area contributed by atoms with Crippen LogP contribution in [0.25, 0.3) is 0 Å². The SMILES string of the molecule is C=C(C)COCCNC(C)c1ccc(OC)c(F)c1. The largest absolute Gasteiger partial charge is 0.494 e. The smallest absolute Gasteiger partial charge is 0.165 e. The highest BCUT2D eigenvalue weighted by atomic mass is 19.1. The summed E-state index contributed by atoms with van der Waals surface area (Å²) in [6, 6.07) is 5.05. The maximum Gasteiger partial charge on any atom is 0.165 e. The molecule has 1 rings (SSSR count). The van der Waals surface area contributed by atoms with Gasteiger partial charge < -0.3 is 14.8 Å². The summed E-state index contributed by atoms with van der Waals surface area (Å²) in [4.78, 5) is 0. The molecule has 19 heavy (non-hydrogen) atoms. The lowest BCUT2D eigenvalue weighted by molar-refractivity contribution is 0.156. The average Bonchev–Trinajstić information content (AvgIpc) is 2.37. The summed E-state index contributed by atoms with van der Waals surface area (Å²) in [5.41, 5.74) is 1.89. The molecule has 0 aliphatic rings. The Labute approximate surface area is 114 Å². The molecule has 0 aliphatic carbocycles. The second-order valence-corrected chi connectivity index (χ2v) is 4.58. The molecule has 0 aliphatic heterocycles. The van der Waals surface area contributed by atoms with Gasteiger partial charge in [0.25, 0.3) is 0 Å². The van der Waals surface area contributed by atoms with Crippen LogP contribution in [0.2, 0.25) is 0 Å². The fraction of sp³-hybridized carbons (Fsp3) is 0.467. The van der Waals surface area contributed by atoms with E-state index in [2.05, 4.69) is 11.9 Å². The van der Waals surface area contributed by atoms with Crippen LogP contribution in [0.3, 0.4) is 0 Å². The van der Waals surface area contributed by atoms with E-state index in [-0.39, 0.29) is 17.6 Å². The number of hydrogen-bond acceptors (Lipinski definition) is 3. The van der Waals surface area contributed by atoms with E-state index < -0.39 is 0 Å². The van der Waals surface area contributed by atoms with Crippen molar-refractivity contribution in [2.75, 3.05) is 26.9 Å². The average molecular weight is 267 g/mol. The predicted octanol–water partition coefficient (Wildman–Crippen LogP) is 3.08. The summed E-state index contributed by atoms with van der Waals surface area (Å²) < 4.78 is 23.8. The summed E-state index contributed by atoms with van der Waals surface area (Å²) in [6.07, 6.45) is 0. The molecule has 0 fully saturated rings. The minimum absolute atomic E-state index is 0.0637. The van der Waals surface area contributed by atoms with Gasteiger partial charge in [0.1, 0.15) is 0 Å². The highest BCUT2D eigenvalue weighted by Crippen LogP contribution is 2.21. The van der Waals surface area contributed by atoms with Crippen molar-refractivity contribution in [3.8, 4) is 5.75 Å². The standard InChI is InChI=1S/C15H22FNO2/c1-11(2)10-19-8-7-17-12(3)13-5-6-15(18-4)14(16)9-13/h5-6,9,12,17H,1,7-8,10H2,2-4H3. The van der Waals surface area contributed by atoms with Gasteiger partial charge >= 0.3 is 0 Å². The van der Waals surface area contributed by atoms with E-state index in [9.17, 15) is 4.39 Å². The molecule has 1 atom stereocenters. The zero-order valence-corrected chi connectivity index (χ0v) is 11.8. The Morgan fingerprint density at radius 3 is 2.79 bits per heavy atom. The number of halogens is 1. The molecule has 0 amide bonds. The van der Waals surface area contributed by atoms with Crippen molar-refractivity contribution in [1.29, 1.82) is 0 Å². The van der Waals surface area contributed by atoms with Crippen LogP contribution in [-0.4, -0.2) is 26.9 Å². The Hall–Kier alpha value is -1.39. The van der Waals surface area contributed by atoms with Crippen LogP contribution >= 0.6 is 0 Å². The summed E-state index contributed by atoms with van der Waals surface area (Å²) >= 11 is 0. The lowest BCUT2D eigenvalue weighted by Crippen LogP contribution is -2.23. The lowest BCUT2D eigenvalue weighted by Gasteiger charge is -2.15. The van der Waals surface area contributed by atoms with Crippen molar-refractivity contribution < 1.29 is 13.9 Å². The van der Waals surface area contributed by atoms with E-state index in [0.29, 0.717) is 19.8 Å². The third-order valence-electron chi connectivity index (χ3n) is 2.72. The second kappa shape index (κ2) is 7.92. The van der Waals surface area contributed by atoms with Crippen molar-refractivity contribution in [1.82, 2.24) is 5.32 Å². The van der Waals surface area contributed by atoms with Crippen LogP contribution < -0.4 is 10.1 Å². The zero-order chi connectivity index (χ0) is 14.3. The topological polar surface area (TPSA) is 30.5 Å². The maximum absolute atomic E-state index is 13.6. The molecule has 106 valence electrons. The Kier molecular flexibility index (Phi) is 6.53. The zero-order valence-electron chi connectivity index (χ0n) is 11.8. The third kappa shape index (κ3) is 5.41. The number of benzene rings is 1. The van der Waals surface area contributed by atoms with E-state index in [1.807, 2.05) is 19.9 Å². The fourth-order valence-corrected chi connectivity index (χ4v) is 1.66. The number of rotatable bonds is 8. The van der Waals surface area contributed by atoms with Crippen molar-refractivity contribution in [3.63, 3.8) is 0 Å². The highest BCUT2D eigenvalue weighted by Gasteiger charge is 2.08. The van der Waals surface area contributed by atoms with Gasteiger partial charge in [0.05, 0.1) is 20.3 Å². The first-order valence-corrected chi connectivity index (χ1v) is 6.33. The summed E-state index contributed by atoms with van der Waals surface area (Å²) in [5, 5.41) is 3.28. The first-order chi connectivity index (χ1) is 9.04. The van der Waals surface area contributed by atoms with Gasteiger partial charge in [0.2, 0.25) is 0 Å². The molecule has 1 aromatic rings. The molecule has 1 unspecified atom stereocenters. The Bertz CT molecular complexity index is 421. The van der Waals surface area contributed by atoms with Gasteiger partial charge in [-0.2, -0.15) is 0 Å². The molecular weight excluding hydrogens is 245 g/mol. The molecule has 0 bridgehead atoms. The van der Waals surface area contributed by atoms with Gasteiger partial charge in [-0.05, 0) is 31.5 Å². The molecule has 0 saturated heterocycles. The molecule has 1 aromatic carbocycles. The molecule has 0 radical (unpaired) electrons. The third-order valence-corrected chi connectivity index (χ3v) is 2.72. The Morgan fingerprint density at radius 2 is 2.21 bits per heavy atom. The lowest BCUT2D eigenvalue weighted by atomic mass is 10.1. The van der Waals surface area contributed by atoms with Crippen molar-refractivity contribution in [2.24, 2.45) is 0 Å². The van der Waals surface area contributed by atoms with Gasteiger partial charge in [0.15, 0.2) is 11.6 Å². The first kappa shape index (κ1) is 15.7. The van der Waals surface area contributed by atoms with Gasteiger partial charge in [-0.25, -0.2) is 4.39 Å². The minimum Gasteiger partial charge on any atom is -0.494 e. The van der Waals surface area contributed by atoms with Crippen LogP contribution in [0.15, 0.2) is 30.4 Å². The monoisotopic (exact) mass is 267 g/mol. The molecule has 4 heteroatoms. The molecule has 1 N–H and O–H groups in total. The quantitative estimate of drug-likeness (QED) is 0.580. The van der Waals surface area contributed by atoms with E-state index in [1.165, 1.54) is 13.2 Å². The van der Waals surface area contributed by atoms with Crippen molar-refractivity contribution in [2.45, 2.75) is 19.9 Å². The van der Waals surface area contributed by atoms with Gasteiger partial charge in [-0.1, -0.05) is 18.2 Å². The number of hydrogen-bond donors (Lipinski definition) is 1. The number of ether oxygens (including phenoxy) is 2. The predicted molar refractivity (Wildman–Crippen MR) is 75.0 cm³/mol. The molecule has 0 heterocycles. The van der Waals surface area contributed by atoms with Crippen LogP contribution in [0, 0.1) is 5.82 Å². The second-order valence-electron chi connectivity index (χ2n) is 4.58. The van der Waals surface area contributed by atoms with Gasteiger partial charge in [-0.3, -0.25) is 0 Å². The fourth-order valence-electron chi connectivity index (χ4n) is 1.66. The van der Waals surface area contributed by atoms with Crippen LogP contribution in [0.4, 0.5) is 4.39 Å². The minimum atomic E-state index is -0.341. The summed E-state index contributed by atoms with van der Waals surface area (Å²) in [5.74, 6) is -0.0760. The maximum atomic E-state index is 13.6. The molecule has 0 aromatic heterocycles. The van der Waals surface area contributed by atoms with E-state index in [4.69, 9.17) is 9.47 Å². The van der Waals surface area contributed by atoms with Gasteiger partial charge in [0, 0.05) is 12.6 Å². The van der Waals surface area contributed by atoms with Crippen LogP contribution in [0.1, 0.15) is 25.5 Å². The highest BCUT2D eigenvalue weighted by molar-refractivity contribution is 5.30. The molecular formula is C15H22FNO2. The van der Waals surface area contributed by atoms with E-state index in [0.717, 1.165) is 11.1 Å². The number of methoxy groups -OCH3 is 1.